The normalized spacial score (nSPS) is 26.4. The summed E-state index contributed by atoms with van der Waals surface area (Å²) in [5, 5.41) is 4.31. The van der Waals surface area contributed by atoms with Crippen LogP contribution in [0.5, 0.6) is 0 Å². The van der Waals surface area contributed by atoms with E-state index in [1.165, 1.54) is 0 Å². The Morgan fingerprint density at radius 2 is 2.21 bits per heavy atom. The molecule has 2 fully saturated rings. The number of benzene rings is 1. The van der Waals surface area contributed by atoms with E-state index in [0.717, 1.165) is 18.5 Å². The quantitative estimate of drug-likeness (QED) is 0.864. The minimum atomic E-state index is -0.230. The SMILES string of the molecule is COC1COC2(CCN(C(=O)c3cnn(-c4ccccc4)c3)C2)C1. The van der Waals surface area contributed by atoms with E-state index in [1.54, 1.807) is 24.2 Å². The third kappa shape index (κ3) is 2.72. The molecule has 2 aliphatic heterocycles. The molecule has 24 heavy (non-hydrogen) atoms. The maximum atomic E-state index is 12.8. The average molecular weight is 327 g/mol. The first-order valence-corrected chi connectivity index (χ1v) is 8.25. The van der Waals surface area contributed by atoms with Crippen molar-refractivity contribution in [1.82, 2.24) is 14.7 Å². The molecule has 0 N–H and O–H groups in total. The number of carbonyl (C=O) groups is 1. The van der Waals surface area contributed by atoms with Gasteiger partial charge in [-0.3, -0.25) is 4.79 Å². The molecule has 1 aromatic carbocycles. The van der Waals surface area contributed by atoms with E-state index in [9.17, 15) is 4.79 Å². The van der Waals surface area contributed by atoms with Crippen LogP contribution in [0.15, 0.2) is 42.7 Å². The van der Waals surface area contributed by atoms with Crippen molar-refractivity contribution in [2.75, 3.05) is 26.8 Å². The van der Waals surface area contributed by atoms with Gasteiger partial charge in [0, 0.05) is 26.3 Å². The Hall–Kier alpha value is -2.18. The van der Waals surface area contributed by atoms with Crippen LogP contribution in [-0.4, -0.2) is 59.1 Å². The standard InChI is InChI=1S/C18H21N3O3/c1-23-16-9-18(24-12-16)7-8-20(13-18)17(22)14-10-19-21(11-14)15-5-3-2-4-6-15/h2-6,10-11,16H,7-9,12-13H2,1H3. The number of amides is 1. The number of para-hydroxylation sites is 1. The third-order valence-corrected chi connectivity index (χ3v) is 4.96. The van der Waals surface area contributed by atoms with E-state index in [-0.39, 0.29) is 17.6 Å². The van der Waals surface area contributed by atoms with Gasteiger partial charge in [-0.25, -0.2) is 4.68 Å². The predicted octanol–water partition coefficient (Wildman–Crippen LogP) is 1.89. The van der Waals surface area contributed by atoms with Gasteiger partial charge in [0.2, 0.25) is 0 Å². The molecular formula is C18H21N3O3. The second kappa shape index (κ2) is 6.03. The molecule has 2 atom stereocenters. The molecule has 0 aliphatic carbocycles. The lowest BCUT2D eigenvalue weighted by Crippen LogP contribution is -2.36. The zero-order valence-corrected chi connectivity index (χ0v) is 13.7. The fourth-order valence-corrected chi connectivity index (χ4v) is 3.59. The lowest BCUT2D eigenvalue weighted by atomic mass is 9.98. The maximum Gasteiger partial charge on any atom is 0.257 e. The fraction of sp³-hybridized carbons (Fsp3) is 0.444. The molecule has 2 aromatic rings. The number of aromatic nitrogens is 2. The van der Waals surface area contributed by atoms with Gasteiger partial charge in [-0.15, -0.1) is 0 Å². The van der Waals surface area contributed by atoms with Crippen LogP contribution in [0.25, 0.3) is 5.69 Å². The highest BCUT2D eigenvalue weighted by molar-refractivity contribution is 5.94. The molecule has 0 radical (unpaired) electrons. The van der Waals surface area contributed by atoms with Crippen LogP contribution in [0.1, 0.15) is 23.2 Å². The monoisotopic (exact) mass is 327 g/mol. The molecule has 1 aromatic heterocycles. The Bertz CT molecular complexity index is 730. The second-order valence-corrected chi connectivity index (χ2v) is 6.54. The summed E-state index contributed by atoms with van der Waals surface area (Å²) in [4.78, 5) is 14.6. The Kier molecular flexibility index (Phi) is 3.86. The van der Waals surface area contributed by atoms with Crippen molar-refractivity contribution < 1.29 is 14.3 Å². The summed E-state index contributed by atoms with van der Waals surface area (Å²) >= 11 is 0. The van der Waals surface area contributed by atoms with E-state index in [4.69, 9.17) is 9.47 Å². The highest BCUT2D eigenvalue weighted by Gasteiger charge is 2.47. The molecular weight excluding hydrogens is 306 g/mol. The topological polar surface area (TPSA) is 56.6 Å². The Morgan fingerprint density at radius 1 is 1.38 bits per heavy atom. The molecule has 1 spiro atoms. The largest absolute Gasteiger partial charge is 0.379 e. The van der Waals surface area contributed by atoms with Crippen LogP contribution in [-0.2, 0) is 9.47 Å². The number of nitrogens with zero attached hydrogens (tertiary/aromatic N) is 3. The van der Waals surface area contributed by atoms with Crippen molar-refractivity contribution in [3.8, 4) is 5.69 Å². The van der Waals surface area contributed by atoms with E-state index in [1.807, 2.05) is 35.2 Å². The maximum absolute atomic E-state index is 12.8. The van der Waals surface area contributed by atoms with Crippen molar-refractivity contribution in [2.24, 2.45) is 0 Å². The minimum absolute atomic E-state index is 0.0125. The van der Waals surface area contributed by atoms with Crippen molar-refractivity contribution in [3.63, 3.8) is 0 Å². The lowest BCUT2D eigenvalue weighted by molar-refractivity contribution is 0.00702. The fourth-order valence-electron chi connectivity index (χ4n) is 3.59. The molecule has 1 amide bonds. The molecule has 126 valence electrons. The number of hydrogen-bond donors (Lipinski definition) is 0. The van der Waals surface area contributed by atoms with Crippen molar-refractivity contribution >= 4 is 5.91 Å². The van der Waals surface area contributed by atoms with Crippen molar-refractivity contribution in [1.29, 1.82) is 0 Å². The van der Waals surface area contributed by atoms with Gasteiger partial charge in [0.15, 0.2) is 0 Å². The van der Waals surface area contributed by atoms with Crippen LogP contribution in [0.2, 0.25) is 0 Å². The van der Waals surface area contributed by atoms with Gasteiger partial charge in [0.1, 0.15) is 0 Å². The Morgan fingerprint density at radius 3 is 2.96 bits per heavy atom. The Balaban J connectivity index is 1.47. The smallest absolute Gasteiger partial charge is 0.257 e. The molecule has 0 saturated carbocycles. The number of methoxy groups -OCH3 is 1. The summed E-state index contributed by atoms with van der Waals surface area (Å²) in [5.41, 5.74) is 1.32. The molecule has 4 rings (SSSR count). The van der Waals surface area contributed by atoms with E-state index in [2.05, 4.69) is 5.10 Å². The number of carbonyl (C=O) groups excluding carboxylic acids is 1. The number of hydrogen-bond acceptors (Lipinski definition) is 4. The predicted molar refractivity (Wildman–Crippen MR) is 88.2 cm³/mol. The van der Waals surface area contributed by atoms with Crippen LogP contribution in [0.4, 0.5) is 0 Å². The summed E-state index contributed by atoms with van der Waals surface area (Å²) in [6.07, 6.45) is 5.28. The van der Waals surface area contributed by atoms with Gasteiger partial charge in [-0.1, -0.05) is 18.2 Å². The van der Waals surface area contributed by atoms with Crippen molar-refractivity contribution in [3.05, 3.63) is 48.3 Å². The summed E-state index contributed by atoms with van der Waals surface area (Å²) < 4.78 is 13.1. The first-order chi connectivity index (χ1) is 11.7. The minimum Gasteiger partial charge on any atom is -0.379 e. The molecule has 2 saturated heterocycles. The highest BCUT2D eigenvalue weighted by atomic mass is 16.6. The molecule has 6 nitrogen and oxygen atoms in total. The zero-order valence-electron chi connectivity index (χ0n) is 13.7. The number of rotatable bonds is 3. The van der Waals surface area contributed by atoms with Gasteiger partial charge < -0.3 is 14.4 Å². The van der Waals surface area contributed by atoms with Crippen LogP contribution in [0, 0.1) is 0 Å². The summed E-state index contributed by atoms with van der Waals surface area (Å²) in [6, 6.07) is 9.78. The Labute approximate surface area is 141 Å². The summed E-state index contributed by atoms with van der Waals surface area (Å²) in [5.74, 6) is 0.0125. The van der Waals surface area contributed by atoms with Crippen LogP contribution >= 0.6 is 0 Å². The lowest BCUT2D eigenvalue weighted by Gasteiger charge is -2.23. The number of likely N-dealkylation sites (tertiary alicyclic amines) is 1. The molecule has 2 aliphatic rings. The van der Waals surface area contributed by atoms with Gasteiger partial charge in [0.05, 0.1) is 42.3 Å². The van der Waals surface area contributed by atoms with Gasteiger partial charge in [0.25, 0.3) is 5.91 Å². The van der Waals surface area contributed by atoms with E-state index >= 15 is 0 Å². The third-order valence-electron chi connectivity index (χ3n) is 4.96. The van der Waals surface area contributed by atoms with Gasteiger partial charge in [-0.2, -0.15) is 5.10 Å². The summed E-state index contributed by atoms with van der Waals surface area (Å²) in [7, 11) is 1.71. The first-order valence-electron chi connectivity index (χ1n) is 8.25. The number of ether oxygens (including phenoxy) is 2. The van der Waals surface area contributed by atoms with Gasteiger partial charge in [-0.05, 0) is 18.6 Å². The van der Waals surface area contributed by atoms with Crippen LogP contribution in [0.3, 0.4) is 0 Å². The summed E-state index contributed by atoms with van der Waals surface area (Å²) in [6.45, 7) is 1.96. The van der Waals surface area contributed by atoms with Crippen molar-refractivity contribution in [2.45, 2.75) is 24.5 Å². The zero-order chi connectivity index (χ0) is 16.6. The molecule has 6 heteroatoms. The average Bonchev–Trinajstić information content (AvgIpc) is 3.36. The van der Waals surface area contributed by atoms with E-state index in [0.29, 0.717) is 25.3 Å². The van der Waals surface area contributed by atoms with E-state index < -0.39 is 0 Å². The molecule has 0 bridgehead atoms. The second-order valence-electron chi connectivity index (χ2n) is 6.54. The molecule has 2 unspecified atom stereocenters. The highest BCUT2D eigenvalue weighted by Crippen LogP contribution is 2.36. The molecule has 3 heterocycles. The van der Waals surface area contributed by atoms with Gasteiger partial charge >= 0.3 is 0 Å². The van der Waals surface area contributed by atoms with Crippen LogP contribution < -0.4 is 0 Å². The first kappa shape index (κ1) is 15.4.